The number of unbranched alkanes of at least 4 members (excludes halogenated alkanes) is 1. The molecule has 0 atom stereocenters. The molecule has 0 saturated heterocycles. The maximum Gasteiger partial charge on any atom is 0.209 e. The number of hydrogen-bond acceptors (Lipinski definition) is 4. The first-order valence-corrected chi connectivity index (χ1v) is 7.64. The number of aliphatic hydroxyl groups excluding tert-OH is 1. The Bertz CT molecular complexity index is 539. The van der Waals surface area contributed by atoms with Crippen LogP contribution in [0.15, 0.2) is 34.9 Å². The van der Waals surface area contributed by atoms with Gasteiger partial charge in [0.2, 0.25) is 5.89 Å². The molecule has 1 N–H and O–H groups in total. The van der Waals surface area contributed by atoms with E-state index < -0.39 is 0 Å². The molecule has 0 aliphatic rings. The molecular formula is C16H21ClN2O2. The van der Waals surface area contributed by atoms with E-state index in [1.165, 1.54) is 0 Å². The number of hydrogen-bond donors (Lipinski definition) is 1. The van der Waals surface area contributed by atoms with Gasteiger partial charge in [0.15, 0.2) is 5.76 Å². The highest BCUT2D eigenvalue weighted by atomic mass is 35.5. The van der Waals surface area contributed by atoms with E-state index in [0.717, 1.165) is 30.7 Å². The average molecular weight is 309 g/mol. The Morgan fingerprint density at radius 1 is 1.24 bits per heavy atom. The summed E-state index contributed by atoms with van der Waals surface area (Å²) in [6.45, 7) is 4.50. The summed E-state index contributed by atoms with van der Waals surface area (Å²) >= 11 is 5.88. The van der Waals surface area contributed by atoms with Gasteiger partial charge in [0.1, 0.15) is 0 Å². The normalized spacial score (nSPS) is 11.2. The molecule has 0 amide bonds. The van der Waals surface area contributed by atoms with Crippen LogP contribution in [-0.4, -0.2) is 34.7 Å². The van der Waals surface area contributed by atoms with Gasteiger partial charge in [-0.3, -0.25) is 4.90 Å². The lowest BCUT2D eigenvalue weighted by atomic mass is 10.2. The molecule has 1 heterocycles. The summed E-state index contributed by atoms with van der Waals surface area (Å²) in [5.41, 5.74) is 0.959. The second-order valence-corrected chi connectivity index (χ2v) is 5.41. The number of aliphatic hydroxyl groups is 1. The lowest BCUT2D eigenvalue weighted by Gasteiger charge is -2.18. The number of oxazole rings is 1. The fourth-order valence-electron chi connectivity index (χ4n) is 2.12. The fraction of sp³-hybridized carbons (Fsp3) is 0.438. The van der Waals surface area contributed by atoms with Crippen LogP contribution in [-0.2, 0) is 6.54 Å². The van der Waals surface area contributed by atoms with E-state index in [9.17, 15) is 0 Å². The van der Waals surface area contributed by atoms with E-state index in [4.69, 9.17) is 21.1 Å². The molecule has 0 fully saturated rings. The molecule has 5 heteroatoms. The summed E-state index contributed by atoms with van der Waals surface area (Å²) in [6, 6.07) is 7.49. The van der Waals surface area contributed by atoms with Crippen molar-refractivity contribution in [2.24, 2.45) is 0 Å². The molecule has 0 bridgehead atoms. The van der Waals surface area contributed by atoms with Crippen LogP contribution in [0.25, 0.3) is 11.3 Å². The zero-order valence-electron chi connectivity index (χ0n) is 12.3. The monoisotopic (exact) mass is 308 g/mol. The van der Waals surface area contributed by atoms with Gasteiger partial charge in [-0.25, -0.2) is 4.98 Å². The van der Waals surface area contributed by atoms with Crippen LogP contribution in [0.3, 0.4) is 0 Å². The standard InChI is InChI=1S/C16H21ClN2O2/c1-2-3-8-19(9-10-20)12-16-18-11-15(21-16)13-4-6-14(17)7-5-13/h4-7,11,20H,2-3,8-10,12H2,1H3. The third kappa shape index (κ3) is 4.84. The molecule has 4 nitrogen and oxygen atoms in total. The average Bonchev–Trinajstić information content (AvgIpc) is 2.94. The Morgan fingerprint density at radius 2 is 2.00 bits per heavy atom. The topological polar surface area (TPSA) is 49.5 Å². The lowest BCUT2D eigenvalue weighted by molar-refractivity contribution is 0.177. The minimum atomic E-state index is 0.147. The Labute approximate surface area is 130 Å². The van der Waals surface area contributed by atoms with Crippen molar-refractivity contribution in [3.05, 3.63) is 41.4 Å². The number of nitrogens with zero attached hydrogens (tertiary/aromatic N) is 2. The van der Waals surface area contributed by atoms with Crippen molar-refractivity contribution in [1.29, 1.82) is 0 Å². The van der Waals surface area contributed by atoms with Crippen LogP contribution in [0.2, 0.25) is 5.02 Å². The van der Waals surface area contributed by atoms with Gasteiger partial charge in [-0.15, -0.1) is 0 Å². The zero-order chi connectivity index (χ0) is 15.1. The second kappa shape index (κ2) is 8.17. The van der Waals surface area contributed by atoms with E-state index in [2.05, 4.69) is 16.8 Å². The van der Waals surface area contributed by atoms with Gasteiger partial charge >= 0.3 is 0 Å². The van der Waals surface area contributed by atoms with Gasteiger partial charge in [0.05, 0.1) is 19.3 Å². The molecule has 1 aromatic heterocycles. The van der Waals surface area contributed by atoms with Gasteiger partial charge in [-0.1, -0.05) is 24.9 Å². The molecule has 0 radical (unpaired) electrons. The molecule has 21 heavy (non-hydrogen) atoms. The van der Waals surface area contributed by atoms with E-state index in [1.807, 2.05) is 24.3 Å². The number of halogens is 1. The Kier molecular flexibility index (Phi) is 6.23. The first-order chi connectivity index (χ1) is 10.2. The SMILES string of the molecule is CCCCN(CCO)Cc1ncc(-c2ccc(Cl)cc2)o1. The molecule has 0 unspecified atom stereocenters. The summed E-state index contributed by atoms with van der Waals surface area (Å²) in [5, 5.41) is 9.82. The van der Waals surface area contributed by atoms with E-state index in [-0.39, 0.29) is 6.61 Å². The van der Waals surface area contributed by atoms with Crippen molar-refractivity contribution in [2.75, 3.05) is 19.7 Å². The van der Waals surface area contributed by atoms with Gasteiger partial charge in [0.25, 0.3) is 0 Å². The van der Waals surface area contributed by atoms with Gasteiger partial charge < -0.3 is 9.52 Å². The molecule has 1 aromatic carbocycles. The van der Waals surface area contributed by atoms with Crippen LogP contribution in [0.1, 0.15) is 25.7 Å². The van der Waals surface area contributed by atoms with Crippen LogP contribution in [0, 0.1) is 0 Å². The Morgan fingerprint density at radius 3 is 2.67 bits per heavy atom. The smallest absolute Gasteiger partial charge is 0.209 e. The van der Waals surface area contributed by atoms with Crippen LogP contribution >= 0.6 is 11.6 Å². The largest absolute Gasteiger partial charge is 0.439 e. The first kappa shape index (κ1) is 16.0. The van der Waals surface area contributed by atoms with Gasteiger partial charge in [-0.2, -0.15) is 0 Å². The van der Waals surface area contributed by atoms with Gasteiger partial charge in [0, 0.05) is 17.1 Å². The third-order valence-electron chi connectivity index (χ3n) is 3.29. The minimum absolute atomic E-state index is 0.147. The number of benzene rings is 1. The van der Waals surface area contributed by atoms with E-state index in [1.54, 1.807) is 6.20 Å². The maximum atomic E-state index is 9.12. The zero-order valence-corrected chi connectivity index (χ0v) is 13.0. The van der Waals surface area contributed by atoms with Crippen LogP contribution < -0.4 is 0 Å². The summed E-state index contributed by atoms with van der Waals surface area (Å²) < 4.78 is 5.79. The predicted molar refractivity (Wildman–Crippen MR) is 84.2 cm³/mol. The summed E-state index contributed by atoms with van der Waals surface area (Å²) in [6.07, 6.45) is 3.96. The predicted octanol–water partition coefficient (Wildman–Crippen LogP) is 3.59. The molecule has 0 saturated carbocycles. The van der Waals surface area contributed by atoms with Crippen molar-refractivity contribution >= 4 is 11.6 Å². The fourth-order valence-corrected chi connectivity index (χ4v) is 2.24. The van der Waals surface area contributed by atoms with Crippen molar-refractivity contribution in [2.45, 2.75) is 26.3 Å². The molecule has 0 spiro atoms. The quantitative estimate of drug-likeness (QED) is 0.809. The third-order valence-corrected chi connectivity index (χ3v) is 3.54. The summed E-state index contributed by atoms with van der Waals surface area (Å²) in [5.74, 6) is 1.41. The maximum absolute atomic E-state index is 9.12. The van der Waals surface area contributed by atoms with Crippen LogP contribution in [0.5, 0.6) is 0 Å². The highest BCUT2D eigenvalue weighted by molar-refractivity contribution is 6.30. The highest BCUT2D eigenvalue weighted by Gasteiger charge is 2.11. The number of rotatable bonds is 8. The highest BCUT2D eigenvalue weighted by Crippen LogP contribution is 2.22. The molecular weight excluding hydrogens is 288 g/mol. The van der Waals surface area contributed by atoms with Gasteiger partial charge in [-0.05, 0) is 37.2 Å². The van der Waals surface area contributed by atoms with E-state index in [0.29, 0.717) is 24.0 Å². The van der Waals surface area contributed by atoms with Crippen molar-refractivity contribution in [3.8, 4) is 11.3 Å². The van der Waals surface area contributed by atoms with Crippen molar-refractivity contribution in [1.82, 2.24) is 9.88 Å². The summed E-state index contributed by atoms with van der Waals surface area (Å²) in [4.78, 5) is 6.48. The van der Waals surface area contributed by atoms with Crippen molar-refractivity contribution in [3.63, 3.8) is 0 Å². The Balaban J connectivity index is 2.02. The van der Waals surface area contributed by atoms with Crippen molar-refractivity contribution < 1.29 is 9.52 Å². The molecule has 114 valence electrons. The molecule has 0 aliphatic carbocycles. The lowest BCUT2D eigenvalue weighted by Crippen LogP contribution is -2.27. The molecule has 2 aromatic rings. The second-order valence-electron chi connectivity index (χ2n) is 4.98. The first-order valence-electron chi connectivity index (χ1n) is 7.26. The number of aromatic nitrogens is 1. The Hall–Kier alpha value is -1.36. The van der Waals surface area contributed by atoms with E-state index >= 15 is 0 Å². The molecule has 0 aliphatic heterocycles. The van der Waals surface area contributed by atoms with Crippen LogP contribution in [0.4, 0.5) is 0 Å². The molecule has 2 rings (SSSR count). The summed E-state index contributed by atoms with van der Waals surface area (Å²) in [7, 11) is 0. The minimum Gasteiger partial charge on any atom is -0.439 e.